The Hall–Kier alpha value is -0.570. The molecular formula is C10H22N2O. The molecule has 78 valence electrons. The van der Waals surface area contributed by atoms with Crippen molar-refractivity contribution >= 4 is 5.91 Å². The molecule has 0 spiro atoms. The van der Waals surface area contributed by atoms with Gasteiger partial charge in [0, 0.05) is 12.6 Å². The summed E-state index contributed by atoms with van der Waals surface area (Å²) in [6, 6.07) is 0.266. The molecule has 13 heavy (non-hydrogen) atoms. The molecule has 0 aromatic carbocycles. The van der Waals surface area contributed by atoms with Crippen LogP contribution in [0.1, 0.15) is 34.1 Å². The molecule has 1 N–H and O–H groups in total. The molecule has 2 unspecified atom stereocenters. The smallest absolute Gasteiger partial charge is 0.239 e. The molecule has 0 rings (SSSR count). The van der Waals surface area contributed by atoms with Gasteiger partial charge in [-0.15, -0.1) is 0 Å². The molecule has 0 aromatic heterocycles. The van der Waals surface area contributed by atoms with Crippen molar-refractivity contribution in [2.75, 3.05) is 13.6 Å². The van der Waals surface area contributed by atoms with Crippen molar-refractivity contribution in [3.8, 4) is 0 Å². The van der Waals surface area contributed by atoms with Crippen LogP contribution in [0.15, 0.2) is 0 Å². The Bertz CT molecular complexity index is 159. The topological polar surface area (TPSA) is 32.3 Å². The third-order valence-electron chi connectivity index (χ3n) is 2.55. The molecule has 0 radical (unpaired) electrons. The number of rotatable bonds is 5. The van der Waals surface area contributed by atoms with Crippen molar-refractivity contribution < 1.29 is 4.79 Å². The van der Waals surface area contributed by atoms with E-state index in [0.717, 1.165) is 13.0 Å². The molecule has 0 aliphatic heterocycles. The molecule has 0 saturated heterocycles. The van der Waals surface area contributed by atoms with Gasteiger partial charge in [-0.1, -0.05) is 6.92 Å². The Labute approximate surface area is 81.5 Å². The Morgan fingerprint density at radius 2 is 1.92 bits per heavy atom. The van der Waals surface area contributed by atoms with Crippen LogP contribution in [0, 0.1) is 0 Å². The van der Waals surface area contributed by atoms with Crippen LogP contribution in [0.2, 0.25) is 0 Å². The van der Waals surface area contributed by atoms with Crippen molar-refractivity contribution in [2.45, 2.75) is 46.2 Å². The maximum absolute atomic E-state index is 11.8. The Morgan fingerprint density at radius 1 is 1.38 bits per heavy atom. The quantitative estimate of drug-likeness (QED) is 0.700. The van der Waals surface area contributed by atoms with Crippen LogP contribution in [0.4, 0.5) is 0 Å². The molecule has 0 bridgehead atoms. The number of amides is 1. The van der Waals surface area contributed by atoms with Gasteiger partial charge >= 0.3 is 0 Å². The molecule has 2 atom stereocenters. The highest BCUT2D eigenvalue weighted by atomic mass is 16.2. The van der Waals surface area contributed by atoms with Crippen molar-refractivity contribution in [1.29, 1.82) is 0 Å². The standard InChI is InChI=1S/C10H22N2O/c1-6-8(3)12(7-2)10(13)9(4)11-5/h8-9,11H,6-7H2,1-5H3. The lowest BCUT2D eigenvalue weighted by Crippen LogP contribution is -2.47. The van der Waals surface area contributed by atoms with E-state index < -0.39 is 0 Å². The summed E-state index contributed by atoms with van der Waals surface area (Å²) < 4.78 is 0. The fourth-order valence-corrected chi connectivity index (χ4v) is 1.28. The highest BCUT2D eigenvalue weighted by molar-refractivity contribution is 5.81. The van der Waals surface area contributed by atoms with Gasteiger partial charge in [0.25, 0.3) is 0 Å². The number of carbonyl (C=O) groups excluding carboxylic acids is 1. The van der Waals surface area contributed by atoms with E-state index in [1.165, 1.54) is 0 Å². The number of hydrogen-bond acceptors (Lipinski definition) is 2. The number of nitrogens with zero attached hydrogens (tertiary/aromatic N) is 1. The van der Waals surface area contributed by atoms with Crippen molar-refractivity contribution in [3.63, 3.8) is 0 Å². The maximum Gasteiger partial charge on any atom is 0.239 e. The first-order valence-corrected chi connectivity index (χ1v) is 5.06. The molecule has 0 aliphatic carbocycles. The Balaban J connectivity index is 4.31. The van der Waals surface area contributed by atoms with E-state index in [9.17, 15) is 4.79 Å². The summed E-state index contributed by atoms with van der Waals surface area (Å²) in [6.07, 6.45) is 1.01. The van der Waals surface area contributed by atoms with E-state index in [1.807, 2.05) is 25.8 Å². The average Bonchev–Trinajstić information content (AvgIpc) is 2.17. The van der Waals surface area contributed by atoms with Crippen LogP contribution in [-0.2, 0) is 4.79 Å². The maximum atomic E-state index is 11.8. The summed E-state index contributed by atoms with van der Waals surface area (Å²) in [6.45, 7) is 8.90. The van der Waals surface area contributed by atoms with Crippen LogP contribution < -0.4 is 5.32 Å². The largest absolute Gasteiger partial charge is 0.339 e. The van der Waals surface area contributed by atoms with Gasteiger partial charge in [-0.25, -0.2) is 0 Å². The third-order valence-corrected chi connectivity index (χ3v) is 2.55. The lowest BCUT2D eigenvalue weighted by atomic mass is 10.2. The molecule has 0 aromatic rings. The summed E-state index contributed by atoms with van der Waals surface area (Å²) in [7, 11) is 1.81. The molecule has 0 heterocycles. The SMILES string of the molecule is CCC(C)N(CC)C(=O)C(C)NC. The van der Waals surface area contributed by atoms with E-state index in [4.69, 9.17) is 0 Å². The number of likely N-dealkylation sites (N-methyl/N-ethyl adjacent to an activating group) is 2. The third kappa shape index (κ3) is 3.35. The van der Waals surface area contributed by atoms with E-state index >= 15 is 0 Å². The summed E-state index contributed by atoms with van der Waals surface area (Å²) in [5.41, 5.74) is 0. The lowest BCUT2D eigenvalue weighted by molar-refractivity contribution is -0.134. The lowest BCUT2D eigenvalue weighted by Gasteiger charge is -2.29. The summed E-state index contributed by atoms with van der Waals surface area (Å²) in [5, 5.41) is 2.97. The summed E-state index contributed by atoms with van der Waals surface area (Å²) in [4.78, 5) is 13.7. The van der Waals surface area contributed by atoms with Crippen molar-refractivity contribution in [2.24, 2.45) is 0 Å². The van der Waals surface area contributed by atoms with Crippen LogP contribution in [0.5, 0.6) is 0 Å². The molecule has 0 aliphatic rings. The van der Waals surface area contributed by atoms with Crippen LogP contribution in [0.3, 0.4) is 0 Å². The second-order valence-electron chi connectivity index (χ2n) is 3.39. The zero-order chi connectivity index (χ0) is 10.4. The highest BCUT2D eigenvalue weighted by Gasteiger charge is 2.20. The Morgan fingerprint density at radius 3 is 2.23 bits per heavy atom. The highest BCUT2D eigenvalue weighted by Crippen LogP contribution is 2.05. The van der Waals surface area contributed by atoms with Gasteiger partial charge in [0.1, 0.15) is 0 Å². The van der Waals surface area contributed by atoms with Crippen LogP contribution in [-0.4, -0.2) is 36.5 Å². The van der Waals surface area contributed by atoms with E-state index in [1.54, 1.807) is 0 Å². The first kappa shape index (κ1) is 12.4. The minimum Gasteiger partial charge on any atom is -0.339 e. The van der Waals surface area contributed by atoms with Gasteiger partial charge in [-0.05, 0) is 34.2 Å². The van der Waals surface area contributed by atoms with E-state index in [-0.39, 0.29) is 11.9 Å². The molecule has 0 fully saturated rings. The summed E-state index contributed by atoms with van der Waals surface area (Å²) >= 11 is 0. The first-order chi connectivity index (χ1) is 6.08. The molecule has 0 saturated carbocycles. The van der Waals surface area contributed by atoms with E-state index in [2.05, 4.69) is 19.2 Å². The van der Waals surface area contributed by atoms with Crippen LogP contribution in [0.25, 0.3) is 0 Å². The van der Waals surface area contributed by atoms with Gasteiger partial charge in [-0.3, -0.25) is 4.79 Å². The monoisotopic (exact) mass is 186 g/mol. The molecule has 3 heteroatoms. The predicted molar refractivity (Wildman–Crippen MR) is 55.7 cm³/mol. The fourth-order valence-electron chi connectivity index (χ4n) is 1.28. The first-order valence-electron chi connectivity index (χ1n) is 5.06. The van der Waals surface area contributed by atoms with E-state index in [0.29, 0.717) is 6.04 Å². The minimum absolute atomic E-state index is 0.0750. The second kappa shape index (κ2) is 5.97. The van der Waals surface area contributed by atoms with Gasteiger partial charge < -0.3 is 10.2 Å². The number of nitrogens with one attached hydrogen (secondary N) is 1. The Kier molecular flexibility index (Phi) is 5.71. The number of hydrogen-bond donors (Lipinski definition) is 1. The van der Waals surface area contributed by atoms with Gasteiger partial charge in [-0.2, -0.15) is 0 Å². The average molecular weight is 186 g/mol. The molecule has 3 nitrogen and oxygen atoms in total. The fraction of sp³-hybridized carbons (Fsp3) is 0.900. The van der Waals surface area contributed by atoms with Gasteiger partial charge in [0.2, 0.25) is 5.91 Å². The molecule has 1 amide bonds. The number of carbonyl (C=O) groups is 1. The van der Waals surface area contributed by atoms with Crippen LogP contribution >= 0.6 is 0 Å². The normalized spacial score (nSPS) is 15.2. The second-order valence-corrected chi connectivity index (χ2v) is 3.39. The predicted octanol–water partition coefficient (Wildman–Crippen LogP) is 1.24. The summed E-state index contributed by atoms with van der Waals surface area (Å²) in [5.74, 6) is 0.194. The van der Waals surface area contributed by atoms with Gasteiger partial charge in [0.15, 0.2) is 0 Å². The van der Waals surface area contributed by atoms with Crippen molar-refractivity contribution in [1.82, 2.24) is 10.2 Å². The van der Waals surface area contributed by atoms with Crippen molar-refractivity contribution in [3.05, 3.63) is 0 Å². The minimum atomic E-state index is -0.0750. The zero-order valence-corrected chi connectivity index (χ0v) is 9.42. The molecular weight excluding hydrogens is 164 g/mol. The van der Waals surface area contributed by atoms with Gasteiger partial charge in [0.05, 0.1) is 6.04 Å². The zero-order valence-electron chi connectivity index (χ0n) is 9.42.